The second-order valence-electron chi connectivity index (χ2n) is 9.49. The third-order valence-electron chi connectivity index (χ3n) is 7.59. The molecule has 0 amide bonds. The van der Waals surface area contributed by atoms with Crippen molar-refractivity contribution in [3.05, 3.63) is 12.2 Å². The van der Waals surface area contributed by atoms with Crippen LogP contribution in [0.25, 0.3) is 0 Å². The monoisotopic (exact) mass is 334 g/mol. The summed E-state index contributed by atoms with van der Waals surface area (Å²) < 4.78 is 0. The van der Waals surface area contributed by atoms with Gasteiger partial charge in [0, 0.05) is 11.8 Å². The van der Waals surface area contributed by atoms with Crippen molar-refractivity contribution in [3.8, 4) is 0 Å². The summed E-state index contributed by atoms with van der Waals surface area (Å²) in [6.07, 6.45) is 5.23. The molecular weight excluding hydrogens is 296 g/mol. The van der Waals surface area contributed by atoms with Gasteiger partial charge in [0.1, 0.15) is 5.78 Å². The summed E-state index contributed by atoms with van der Waals surface area (Å²) in [7, 11) is 0. The highest BCUT2D eigenvalue weighted by molar-refractivity contribution is 5.87. The standard InChI is InChI=1S/C22H38O2/c1-8-16-17-9-10-19(24)22(17,7)13-18(23)20(16)21(6,15(4)5)12-11-14(2)3/h14,16-18,20,23H,4,8-13H2,1-3,5-7H3. The van der Waals surface area contributed by atoms with Gasteiger partial charge in [0.05, 0.1) is 6.10 Å². The summed E-state index contributed by atoms with van der Waals surface area (Å²) in [6, 6.07) is 0. The Hall–Kier alpha value is -0.630. The van der Waals surface area contributed by atoms with Gasteiger partial charge in [-0.3, -0.25) is 4.79 Å². The van der Waals surface area contributed by atoms with E-state index in [1.807, 2.05) is 0 Å². The molecular formula is C22H38O2. The smallest absolute Gasteiger partial charge is 0.139 e. The zero-order chi connectivity index (χ0) is 18.3. The van der Waals surface area contributed by atoms with Crippen LogP contribution in [0.15, 0.2) is 12.2 Å². The van der Waals surface area contributed by atoms with Gasteiger partial charge >= 0.3 is 0 Å². The number of Topliss-reactive ketones (excluding diaryl/α,β-unsaturated/α-hetero) is 1. The maximum Gasteiger partial charge on any atom is 0.139 e. The van der Waals surface area contributed by atoms with E-state index in [2.05, 4.69) is 48.1 Å². The molecule has 0 spiro atoms. The van der Waals surface area contributed by atoms with Crippen LogP contribution in [0.1, 0.15) is 80.1 Å². The Morgan fingerprint density at radius 1 is 1.46 bits per heavy atom. The third-order valence-corrected chi connectivity index (χ3v) is 7.59. The molecule has 2 aliphatic rings. The molecule has 1 N–H and O–H groups in total. The van der Waals surface area contributed by atoms with Gasteiger partial charge in [-0.15, -0.1) is 0 Å². The summed E-state index contributed by atoms with van der Waals surface area (Å²) in [4.78, 5) is 12.5. The summed E-state index contributed by atoms with van der Waals surface area (Å²) in [5, 5.41) is 11.2. The topological polar surface area (TPSA) is 37.3 Å². The Morgan fingerprint density at radius 2 is 2.08 bits per heavy atom. The van der Waals surface area contributed by atoms with Crippen molar-refractivity contribution in [3.63, 3.8) is 0 Å². The molecule has 0 bridgehead atoms. The lowest BCUT2D eigenvalue weighted by Gasteiger charge is -2.54. The van der Waals surface area contributed by atoms with Crippen LogP contribution in [-0.2, 0) is 4.79 Å². The zero-order valence-electron chi connectivity index (χ0n) is 16.7. The van der Waals surface area contributed by atoms with E-state index in [9.17, 15) is 9.90 Å². The van der Waals surface area contributed by atoms with E-state index in [0.29, 0.717) is 36.4 Å². The van der Waals surface area contributed by atoms with Gasteiger partial charge in [-0.25, -0.2) is 0 Å². The maximum absolute atomic E-state index is 12.5. The highest BCUT2D eigenvalue weighted by Gasteiger charge is 2.59. The fourth-order valence-electron chi connectivity index (χ4n) is 5.83. The molecule has 0 aliphatic heterocycles. The largest absolute Gasteiger partial charge is 0.393 e. The highest BCUT2D eigenvalue weighted by atomic mass is 16.3. The first kappa shape index (κ1) is 19.7. The summed E-state index contributed by atoms with van der Waals surface area (Å²) in [5.74, 6) is 2.10. The second kappa shape index (κ2) is 6.94. The summed E-state index contributed by atoms with van der Waals surface area (Å²) in [6.45, 7) is 17.6. The normalized spacial score (nSPS) is 38.9. The van der Waals surface area contributed by atoms with Gasteiger partial charge in [0.15, 0.2) is 0 Å². The minimum Gasteiger partial charge on any atom is -0.393 e. The average Bonchev–Trinajstić information content (AvgIpc) is 2.78. The first-order chi connectivity index (χ1) is 11.1. The molecule has 6 atom stereocenters. The molecule has 2 saturated carbocycles. The van der Waals surface area contributed by atoms with Crippen molar-refractivity contribution < 1.29 is 9.90 Å². The van der Waals surface area contributed by atoms with Gasteiger partial charge < -0.3 is 5.11 Å². The number of allylic oxidation sites excluding steroid dienone is 1. The van der Waals surface area contributed by atoms with E-state index >= 15 is 0 Å². The highest BCUT2D eigenvalue weighted by Crippen LogP contribution is 2.60. The molecule has 0 saturated heterocycles. The van der Waals surface area contributed by atoms with Crippen LogP contribution >= 0.6 is 0 Å². The molecule has 2 nitrogen and oxygen atoms in total. The van der Waals surface area contributed by atoms with Gasteiger partial charge in [-0.2, -0.15) is 0 Å². The van der Waals surface area contributed by atoms with Crippen molar-refractivity contribution in [1.82, 2.24) is 0 Å². The van der Waals surface area contributed by atoms with Crippen molar-refractivity contribution in [2.24, 2.45) is 34.5 Å². The minimum absolute atomic E-state index is 0.0443. The van der Waals surface area contributed by atoms with Gasteiger partial charge in [0.2, 0.25) is 0 Å². The molecule has 138 valence electrons. The molecule has 24 heavy (non-hydrogen) atoms. The van der Waals surface area contributed by atoms with Crippen LogP contribution in [0, 0.1) is 34.5 Å². The number of carbonyl (C=O) groups excluding carboxylic acids is 1. The second-order valence-corrected chi connectivity index (χ2v) is 9.49. The number of hydrogen-bond donors (Lipinski definition) is 1. The van der Waals surface area contributed by atoms with E-state index in [4.69, 9.17) is 0 Å². The van der Waals surface area contributed by atoms with E-state index in [-0.39, 0.29) is 16.7 Å². The Kier molecular flexibility index (Phi) is 5.69. The molecule has 0 aromatic rings. The Balaban J connectivity index is 2.39. The SMILES string of the molecule is C=C(C)C(C)(CCC(C)C)C1C(O)CC2(C)C(=O)CCC2C1CC. The van der Waals surface area contributed by atoms with Crippen LogP contribution in [0.4, 0.5) is 0 Å². The molecule has 6 unspecified atom stereocenters. The fraction of sp³-hybridized carbons (Fsp3) is 0.864. The van der Waals surface area contributed by atoms with Gasteiger partial charge in [-0.1, -0.05) is 59.6 Å². The lowest BCUT2D eigenvalue weighted by atomic mass is 9.50. The Morgan fingerprint density at radius 3 is 2.58 bits per heavy atom. The number of fused-ring (bicyclic) bond motifs is 1. The van der Waals surface area contributed by atoms with Crippen LogP contribution in [0.5, 0.6) is 0 Å². The lowest BCUT2D eigenvalue weighted by Crippen LogP contribution is -2.53. The molecule has 2 aliphatic carbocycles. The Bertz CT molecular complexity index is 494. The number of carbonyl (C=O) groups is 1. The van der Waals surface area contributed by atoms with E-state index in [1.165, 1.54) is 5.57 Å². The number of aliphatic hydroxyl groups is 1. The summed E-state index contributed by atoms with van der Waals surface area (Å²) in [5.41, 5.74) is 0.848. The number of rotatable bonds is 6. The fourth-order valence-corrected chi connectivity index (χ4v) is 5.83. The van der Waals surface area contributed by atoms with Gasteiger partial charge in [-0.05, 0) is 55.3 Å². The van der Waals surface area contributed by atoms with Crippen LogP contribution < -0.4 is 0 Å². The molecule has 2 rings (SSSR count). The predicted molar refractivity (Wildman–Crippen MR) is 101 cm³/mol. The van der Waals surface area contributed by atoms with Gasteiger partial charge in [0.25, 0.3) is 0 Å². The van der Waals surface area contributed by atoms with Crippen molar-refractivity contribution in [2.45, 2.75) is 86.2 Å². The predicted octanol–water partition coefficient (Wildman–Crippen LogP) is 5.40. The van der Waals surface area contributed by atoms with Crippen molar-refractivity contribution >= 4 is 5.78 Å². The van der Waals surface area contributed by atoms with E-state index in [0.717, 1.165) is 25.7 Å². The molecule has 0 aromatic carbocycles. The number of ketones is 1. The van der Waals surface area contributed by atoms with Crippen molar-refractivity contribution in [1.29, 1.82) is 0 Å². The molecule has 2 heteroatoms. The van der Waals surface area contributed by atoms with Crippen LogP contribution in [-0.4, -0.2) is 17.0 Å². The van der Waals surface area contributed by atoms with E-state index < -0.39 is 6.10 Å². The zero-order valence-corrected chi connectivity index (χ0v) is 16.7. The number of hydrogen-bond acceptors (Lipinski definition) is 2. The average molecular weight is 335 g/mol. The maximum atomic E-state index is 12.5. The molecule has 0 radical (unpaired) electrons. The van der Waals surface area contributed by atoms with Crippen LogP contribution in [0.3, 0.4) is 0 Å². The van der Waals surface area contributed by atoms with E-state index in [1.54, 1.807) is 0 Å². The Labute approximate surface area is 149 Å². The molecule has 0 heterocycles. The van der Waals surface area contributed by atoms with Crippen molar-refractivity contribution in [2.75, 3.05) is 0 Å². The first-order valence-electron chi connectivity index (χ1n) is 9.95. The first-order valence-corrected chi connectivity index (χ1v) is 9.95. The minimum atomic E-state index is -0.396. The quantitative estimate of drug-likeness (QED) is 0.661. The molecule has 0 aromatic heterocycles. The molecule has 2 fully saturated rings. The number of aliphatic hydroxyl groups excluding tert-OH is 1. The van der Waals surface area contributed by atoms with Crippen LogP contribution in [0.2, 0.25) is 0 Å². The lowest BCUT2D eigenvalue weighted by molar-refractivity contribution is -0.142. The third kappa shape index (κ3) is 3.11. The summed E-state index contributed by atoms with van der Waals surface area (Å²) >= 11 is 0.